The maximum Gasteiger partial charge on any atom is 0.126 e. The van der Waals surface area contributed by atoms with Crippen molar-refractivity contribution >= 4 is 17.3 Å². The van der Waals surface area contributed by atoms with Crippen LogP contribution < -0.4 is 9.64 Å². The lowest BCUT2D eigenvalue weighted by Crippen LogP contribution is -2.46. The van der Waals surface area contributed by atoms with Gasteiger partial charge in [-0.3, -0.25) is 4.90 Å². The quantitative estimate of drug-likeness (QED) is 0.802. The molecule has 5 nitrogen and oxygen atoms in total. The zero-order chi connectivity index (χ0) is 20.1. The molecule has 1 N–H and O–H groups in total. The number of benzene rings is 2. The van der Waals surface area contributed by atoms with Crippen LogP contribution in [0.4, 0.5) is 5.69 Å². The monoisotopic (exact) mass is 399 g/mol. The van der Waals surface area contributed by atoms with E-state index in [4.69, 9.17) is 21.6 Å². The molecule has 2 aromatic rings. The highest BCUT2D eigenvalue weighted by Gasteiger charge is 2.21. The van der Waals surface area contributed by atoms with E-state index in [1.165, 1.54) is 5.56 Å². The summed E-state index contributed by atoms with van der Waals surface area (Å²) in [7, 11) is 0. The Morgan fingerprint density at radius 2 is 1.79 bits per heavy atom. The second kappa shape index (κ2) is 8.83. The Morgan fingerprint density at radius 1 is 1.11 bits per heavy atom. The van der Waals surface area contributed by atoms with Crippen molar-refractivity contribution in [2.24, 2.45) is 0 Å². The maximum absolute atomic E-state index is 9.35. The Labute approximate surface area is 171 Å². The van der Waals surface area contributed by atoms with Gasteiger partial charge in [0.25, 0.3) is 0 Å². The van der Waals surface area contributed by atoms with Gasteiger partial charge in [-0.25, -0.2) is 0 Å². The fourth-order valence-corrected chi connectivity index (χ4v) is 3.54. The highest BCUT2D eigenvalue weighted by molar-refractivity contribution is 6.33. The first kappa shape index (κ1) is 20.5. The molecule has 0 radical (unpaired) electrons. The highest BCUT2D eigenvalue weighted by Crippen LogP contribution is 2.32. The molecule has 1 saturated heterocycles. The number of aliphatic hydroxyl groups is 1. The molecule has 28 heavy (non-hydrogen) atoms. The fourth-order valence-electron chi connectivity index (χ4n) is 3.25. The third kappa shape index (κ3) is 5.17. The van der Waals surface area contributed by atoms with E-state index in [-0.39, 0.29) is 6.61 Å². The maximum atomic E-state index is 9.35. The Bertz CT molecular complexity index is 838. The number of rotatable bonds is 6. The summed E-state index contributed by atoms with van der Waals surface area (Å²) >= 11 is 6.51. The lowest BCUT2D eigenvalue weighted by Gasteiger charge is -2.36. The molecule has 0 saturated carbocycles. The van der Waals surface area contributed by atoms with Crippen molar-refractivity contribution in [1.29, 1.82) is 5.26 Å². The lowest BCUT2D eigenvalue weighted by atomic mass is 10.1. The predicted molar refractivity (Wildman–Crippen MR) is 112 cm³/mol. The summed E-state index contributed by atoms with van der Waals surface area (Å²) in [5.74, 6) is 0.659. The number of anilines is 1. The predicted octanol–water partition coefficient (Wildman–Crippen LogP) is 3.68. The lowest BCUT2D eigenvalue weighted by molar-refractivity contribution is 0.0413. The summed E-state index contributed by atoms with van der Waals surface area (Å²) in [4.78, 5) is 4.70. The Morgan fingerprint density at radius 3 is 2.36 bits per heavy atom. The third-order valence-corrected chi connectivity index (χ3v) is 5.20. The van der Waals surface area contributed by atoms with E-state index in [0.29, 0.717) is 16.3 Å². The van der Waals surface area contributed by atoms with Gasteiger partial charge in [0.05, 0.1) is 28.9 Å². The molecule has 6 heteroatoms. The van der Waals surface area contributed by atoms with Crippen LogP contribution >= 0.6 is 11.6 Å². The standard InChI is InChI=1S/C22H26ClN3O2/c1-22(2,16-27)28-19-7-8-21(20(23)13-19)26-11-9-25(10-12-26)15-18-5-3-17(14-24)4-6-18/h3-8,13,27H,9-12,15-16H2,1-2H3. The normalized spacial score (nSPS) is 15.3. The SMILES string of the molecule is CC(C)(CO)Oc1ccc(N2CCN(Cc3ccc(C#N)cc3)CC2)c(Cl)c1. The van der Waals surface area contributed by atoms with E-state index >= 15 is 0 Å². The number of piperazine rings is 1. The van der Waals surface area contributed by atoms with Gasteiger partial charge in [-0.2, -0.15) is 5.26 Å². The van der Waals surface area contributed by atoms with Crippen LogP contribution in [0.1, 0.15) is 25.0 Å². The van der Waals surface area contributed by atoms with E-state index < -0.39 is 5.60 Å². The molecule has 1 fully saturated rings. The van der Waals surface area contributed by atoms with Crippen LogP contribution in [-0.2, 0) is 6.54 Å². The molecule has 2 aromatic carbocycles. The minimum absolute atomic E-state index is 0.0619. The van der Waals surface area contributed by atoms with Gasteiger partial charge in [-0.15, -0.1) is 0 Å². The second-order valence-corrected chi connectivity index (χ2v) is 8.11. The van der Waals surface area contributed by atoms with E-state index in [2.05, 4.69) is 15.9 Å². The molecule has 3 rings (SSSR count). The van der Waals surface area contributed by atoms with E-state index in [9.17, 15) is 5.11 Å². The number of ether oxygens (including phenoxy) is 1. The molecule has 0 unspecified atom stereocenters. The molecule has 148 valence electrons. The van der Waals surface area contributed by atoms with Crippen molar-refractivity contribution in [3.8, 4) is 11.8 Å². The van der Waals surface area contributed by atoms with Crippen LogP contribution in [0.5, 0.6) is 5.75 Å². The summed E-state index contributed by atoms with van der Waals surface area (Å²) in [5.41, 5.74) is 2.28. The second-order valence-electron chi connectivity index (χ2n) is 7.71. The van der Waals surface area contributed by atoms with Crippen molar-refractivity contribution < 1.29 is 9.84 Å². The van der Waals surface area contributed by atoms with Gasteiger partial charge in [0.15, 0.2) is 0 Å². The largest absolute Gasteiger partial charge is 0.485 e. The van der Waals surface area contributed by atoms with Gasteiger partial charge < -0.3 is 14.7 Å². The number of nitrogens with zero attached hydrogens (tertiary/aromatic N) is 3. The average Bonchev–Trinajstić information content (AvgIpc) is 2.69. The molecule has 0 bridgehead atoms. The van der Waals surface area contributed by atoms with Gasteiger partial charge in [-0.05, 0) is 43.7 Å². The minimum atomic E-state index is -0.637. The fraction of sp³-hybridized carbons (Fsp3) is 0.409. The van der Waals surface area contributed by atoms with E-state index in [0.717, 1.165) is 38.4 Å². The van der Waals surface area contributed by atoms with E-state index in [1.807, 2.05) is 56.3 Å². The van der Waals surface area contributed by atoms with Crippen LogP contribution in [0, 0.1) is 11.3 Å². The molecule has 1 aliphatic rings. The number of hydrogen-bond acceptors (Lipinski definition) is 5. The number of nitriles is 1. The van der Waals surface area contributed by atoms with Crippen molar-refractivity contribution in [2.45, 2.75) is 26.0 Å². The number of halogens is 1. The van der Waals surface area contributed by atoms with Gasteiger partial charge in [-0.1, -0.05) is 23.7 Å². The van der Waals surface area contributed by atoms with Crippen molar-refractivity contribution in [3.05, 3.63) is 58.6 Å². The first-order valence-corrected chi connectivity index (χ1v) is 9.84. The number of hydrogen-bond donors (Lipinski definition) is 1. The summed E-state index contributed by atoms with van der Waals surface area (Å²) < 4.78 is 5.79. The molecule has 0 amide bonds. The van der Waals surface area contributed by atoms with E-state index in [1.54, 1.807) is 0 Å². The average molecular weight is 400 g/mol. The first-order chi connectivity index (χ1) is 13.4. The Balaban J connectivity index is 1.57. The van der Waals surface area contributed by atoms with Gasteiger partial charge >= 0.3 is 0 Å². The molecule has 1 heterocycles. The topological polar surface area (TPSA) is 59.7 Å². The Hall–Kier alpha value is -2.26. The van der Waals surface area contributed by atoms with Crippen LogP contribution in [0.3, 0.4) is 0 Å². The smallest absolute Gasteiger partial charge is 0.126 e. The van der Waals surface area contributed by atoms with Crippen molar-refractivity contribution in [2.75, 3.05) is 37.7 Å². The first-order valence-electron chi connectivity index (χ1n) is 9.46. The van der Waals surface area contributed by atoms with Crippen LogP contribution in [0.15, 0.2) is 42.5 Å². The third-order valence-electron chi connectivity index (χ3n) is 4.90. The minimum Gasteiger partial charge on any atom is -0.485 e. The Kier molecular flexibility index (Phi) is 6.46. The molecule has 1 aliphatic heterocycles. The van der Waals surface area contributed by atoms with Crippen LogP contribution in [0.25, 0.3) is 0 Å². The molecular formula is C22H26ClN3O2. The zero-order valence-electron chi connectivity index (χ0n) is 16.4. The summed E-state index contributed by atoms with van der Waals surface area (Å²) in [6.07, 6.45) is 0. The van der Waals surface area contributed by atoms with Gasteiger partial charge in [0.1, 0.15) is 11.4 Å². The summed E-state index contributed by atoms with van der Waals surface area (Å²) in [6.45, 7) is 8.20. The zero-order valence-corrected chi connectivity index (χ0v) is 17.1. The molecule has 0 atom stereocenters. The number of aliphatic hydroxyl groups excluding tert-OH is 1. The highest BCUT2D eigenvalue weighted by atomic mass is 35.5. The van der Waals surface area contributed by atoms with Gasteiger partial charge in [0, 0.05) is 38.8 Å². The molecule has 0 spiro atoms. The summed E-state index contributed by atoms with van der Waals surface area (Å²) in [6, 6.07) is 15.6. The van der Waals surface area contributed by atoms with Crippen molar-refractivity contribution in [3.63, 3.8) is 0 Å². The van der Waals surface area contributed by atoms with Gasteiger partial charge in [0.2, 0.25) is 0 Å². The molecular weight excluding hydrogens is 374 g/mol. The van der Waals surface area contributed by atoms with Crippen LogP contribution in [-0.4, -0.2) is 48.4 Å². The summed E-state index contributed by atoms with van der Waals surface area (Å²) in [5, 5.41) is 18.9. The van der Waals surface area contributed by atoms with Crippen LogP contribution in [0.2, 0.25) is 5.02 Å². The van der Waals surface area contributed by atoms with Crippen molar-refractivity contribution in [1.82, 2.24) is 4.90 Å². The molecule has 0 aromatic heterocycles. The molecule has 0 aliphatic carbocycles.